The number of benzene rings is 1. The van der Waals surface area contributed by atoms with E-state index in [-0.39, 0.29) is 24.0 Å². The van der Waals surface area contributed by atoms with E-state index in [9.17, 15) is 0 Å². The van der Waals surface area contributed by atoms with Crippen LogP contribution in [0.2, 0.25) is 0 Å². The number of nitrogens with one attached hydrogen (secondary N) is 2. The molecule has 0 aliphatic heterocycles. The molecule has 0 aliphatic rings. The molecule has 0 heterocycles. The maximum absolute atomic E-state index is 5.68. The molecule has 0 radical (unpaired) electrons. The van der Waals surface area contributed by atoms with Gasteiger partial charge in [-0.3, -0.25) is 4.99 Å². The lowest BCUT2D eigenvalue weighted by molar-refractivity contribution is 0.310. The zero-order chi connectivity index (χ0) is 16.4. The van der Waals surface area contributed by atoms with Gasteiger partial charge in [0, 0.05) is 19.6 Å². The van der Waals surface area contributed by atoms with Gasteiger partial charge in [-0.05, 0) is 43.5 Å². The van der Waals surface area contributed by atoms with Crippen molar-refractivity contribution in [2.24, 2.45) is 10.9 Å². The highest BCUT2D eigenvalue weighted by molar-refractivity contribution is 14.0. The highest BCUT2D eigenvalue weighted by Crippen LogP contribution is 2.16. The third-order valence-corrected chi connectivity index (χ3v) is 3.53. The second-order valence-electron chi connectivity index (χ2n) is 5.55. The standard InChI is InChI=1S/C17H29N3O2.HI/c1-13(2)14(3)20-17(18-4)19-11-6-12-22-16-9-7-15(21-5)8-10-16;/h7-10,13-14H,6,11-12H2,1-5H3,(H2,18,19,20);1H. The van der Waals surface area contributed by atoms with Crippen LogP contribution >= 0.6 is 24.0 Å². The number of aliphatic imine (C=N–C) groups is 1. The molecule has 2 N–H and O–H groups in total. The lowest BCUT2D eigenvalue weighted by Gasteiger charge is -2.20. The topological polar surface area (TPSA) is 54.9 Å². The van der Waals surface area contributed by atoms with Crippen LogP contribution in [0.1, 0.15) is 27.2 Å². The first kappa shape index (κ1) is 21.8. The van der Waals surface area contributed by atoms with Gasteiger partial charge in [0.15, 0.2) is 5.96 Å². The predicted octanol–water partition coefficient (Wildman–Crippen LogP) is 3.29. The van der Waals surface area contributed by atoms with Crippen molar-refractivity contribution in [2.75, 3.05) is 27.3 Å². The smallest absolute Gasteiger partial charge is 0.191 e. The monoisotopic (exact) mass is 435 g/mol. The van der Waals surface area contributed by atoms with Crippen molar-refractivity contribution in [1.82, 2.24) is 10.6 Å². The van der Waals surface area contributed by atoms with E-state index in [0.717, 1.165) is 30.4 Å². The van der Waals surface area contributed by atoms with E-state index < -0.39 is 0 Å². The van der Waals surface area contributed by atoms with E-state index in [1.54, 1.807) is 14.2 Å². The van der Waals surface area contributed by atoms with Crippen LogP contribution in [0.15, 0.2) is 29.3 Å². The molecule has 23 heavy (non-hydrogen) atoms. The fourth-order valence-corrected chi connectivity index (χ4v) is 1.72. The first-order valence-corrected chi connectivity index (χ1v) is 7.80. The highest BCUT2D eigenvalue weighted by atomic mass is 127. The second-order valence-corrected chi connectivity index (χ2v) is 5.55. The average molecular weight is 435 g/mol. The van der Waals surface area contributed by atoms with Crippen LogP contribution in [0.4, 0.5) is 0 Å². The highest BCUT2D eigenvalue weighted by Gasteiger charge is 2.08. The van der Waals surface area contributed by atoms with E-state index in [0.29, 0.717) is 18.6 Å². The minimum atomic E-state index is 0. The van der Waals surface area contributed by atoms with E-state index in [1.807, 2.05) is 24.3 Å². The minimum Gasteiger partial charge on any atom is -0.497 e. The molecule has 0 aliphatic carbocycles. The molecular weight excluding hydrogens is 405 g/mol. The van der Waals surface area contributed by atoms with Crippen LogP contribution in [0.25, 0.3) is 0 Å². The van der Waals surface area contributed by atoms with Gasteiger partial charge in [0.1, 0.15) is 11.5 Å². The summed E-state index contributed by atoms with van der Waals surface area (Å²) < 4.78 is 10.8. The third-order valence-electron chi connectivity index (χ3n) is 3.53. The molecule has 1 aromatic rings. The normalized spacial score (nSPS) is 12.3. The van der Waals surface area contributed by atoms with Gasteiger partial charge < -0.3 is 20.1 Å². The van der Waals surface area contributed by atoms with Crippen LogP contribution in [-0.2, 0) is 0 Å². The summed E-state index contributed by atoms with van der Waals surface area (Å²) in [6.45, 7) is 8.02. The van der Waals surface area contributed by atoms with Crippen LogP contribution < -0.4 is 20.1 Å². The molecule has 1 aromatic carbocycles. The van der Waals surface area contributed by atoms with Gasteiger partial charge in [0.05, 0.1) is 13.7 Å². The van der Waals surface area contributed by atoms with Crippen molar-refractivity contribution in [3.8, 4) is 11.5 Å². The Balaban J connectivity index is 0.00000484. The minimum absolute atomic E-state index is 0. The quantitative estimate of drug-likeness (QED) is 0.285. The van der Waals surface area contributed by atoms with Crippen LogP contribution in [-0.4, -0.2) is 39.3 Å². The number of hydrogen-bond acceptors (Lipinski definition) is 3. The van der Waals surface area contributed by atoms with E-state index in [2.05, 4.69) is 36.4 Å². The van der Waals surface area contributed by atoms with E-state index in [4.69, 9.17) is 9.47 Å². The largest absolute Gasteiger partial charge is 0.497 e. The molecule has 1 unspecified atom stereocenters. The van der Waals surface area contributed by atoms with Crippen molar-refractivity contribution in [3.05, 3.63) is 24.3 Å². The Morgan fingerprint density at radius 1 is 1.13 bits per heavy atom. The van der Waals surface area contributed by atoms with Gasteiger partial charge >= 0.3 is 0 Å². The molecule has 6 heteroatoms. The predicted molar refractivity (Wildman–Crippen MR) is 107 cm³/mol. The number of guanidine groups is 1. The lowest BCUT2D eigenvalue weighted by atomic mass is 10.1. The van der Waals surface area contributed by atoms with Gasteiger partial charge in [-0.1, -0.05) is 13.8 Å². The van der Waals surface area contributed by atoms with Crippen LogP contribution in [0, 0.1) is 5.92 Å². The Labute approximate surface area is 157 Å². The van der Waals surface area contributed by atoms with Gasteiger partial charge in [0.2, 0.25) is 0 Å². The van der Waals surface area contributed by atoms with Gasteiger partial charge in [-0.2, -0.15) is 0 Å². The summed E-state index contributed by atoms with van der Waals surface area (Å²) in [5.74, 6) is 3.10. The summed E-state index contributed by atoms with van der Waals surface area (Å²) in [5, 5.41) is 6.67. The molecule has 5 nitrogen and oxygen atoms in total. The van der Waals surface area contributed by atoms with Crippen molar-refractivity contribution in [2.45, 2.75) is 33.2 Å². The summed E-state index contributed by atoms with van der Waals surface area (Å²) in [5.41, 5.74) is 0. The zero-order valence-electron chi connectivity index (χ0n) is 14.8. The van der Waals surface area contributed by atoms with Crippen LogP contribution in [0.3, 0.4) is 0 Å². The number of hydrogen-bond donors (Lipinski definition) is 2. The number of methoxy groups -OCH3 is 1. The van der Waals surface area contributed by atoms with Crippen molar-refractivity contribution in [3.63, 3.8) is 0 Å². The zero-order valence-corrected chi connectivity index (χ0v) is 17.1. The van der Waals surface area contributed by atoms with Gasteiger partial charge in [0.25, 0.3) is 0 Å². The fourth-order valence-electron chi connectivity index (χ4n) is 1.72. The summed E-state index contributed by atoms with van der Waals surface area (Å²) in [7, 11) is 3.44. The number of halogens is 1. The average Bonchev–Trinajstić information content (AvgIpc) is 2.53. The maximum Gasteiger partial charge on any atom is 0.191 e. The number of ether oxygens (including phenoxy) is 2. The summed E-state index contributed by atoms with van der Waals surface area (Å²) >= 11 is 0. The molecule has 0 spiro atoms. The first-order valence-electron chi connectivity index (χ1n) is 7.80. The molecule has 1 rings (SSSR count). The summed E-state index contributed by atoms with van der Waals surface area (Å²) in [6, 6.07) is 8.01. The maximum atomic E-state index is 5.68. The number of rotatable bonds is 8. The van der Waals surface area contributed by atoms with E-state index >= 15 is 0 Å². The molecule has 0 saturated carbocycles. The van der Waals surface area contributed by atoms with Crippen molar-refractivity contribution < 1.29 is 9.47 Å². The third kappa shape index (κ3) is 8.88. The Morgan fingerprint density at radius 3 is 2.26 bits per heavy atom. The Hall–Kier alpha value is -1.18. The SMILES string of the molecule is CN=C(NCCCOc1ccc(OC)cc1)NC(C)C(C)C.I. The molecule has 0 bridgehead atoms. The fraction of sp³-hybridized carbons (Fsp3) is 0.588. The van der Waals surface area contributed by atoms with Gasteiger partial charge in [-0.25, -0.2) is 0 Å². The molecule has 0 saturated heterocycles. The van der Waals surface area contributed by atoms with Crippen molar-refractivity contribution >= 4 is 29.9 Å². The van der Waals surface area contributed by atoms with Crippen LogP contribution in [0.5, 0.6) is 11.5 Å². The molecule has 0 amide bonds. The van der Waals surface area contributed by atoms with Crippen molar-refractivity contribution in [1.29, 1.82) is 0 Å². The van der Waals surface area contributed by atoms with Gasteiger partial charge in [-0.15, -0.1) is 24.0 Å². The Kier molecular flexibility index (Phi) is 11.6. The van der Waals surface area contributed by atoms with E-state index in [1.165, 1.54) is 0 Å². The lowest BCUT2D eigenvalue weighted by Crippen LogP contribution is -2.44. The molecule has 1 atom stereocenters. The second kappa shape index (κ2) is 12.3. The molecule has 0 aromatic heterocycles. The molecular formula is C17H30IN3O2. The number of nitrogens with zero attached hydrogens (tertiary/aromatic N) is 1. The molecule has 132 valence electrons. The Bertz CT molecular complexity index is 450. The first-order chi connectivity index (χ1) is 10.6. The molecule has 0 fully saturated rings. The Morgan fingerprint density at radius 2 is 1.74 bits per heavy atom. The summed E-state index contributed by atoms with van der Waals surface area (Å²) in [4.78, 5) is 4.23. The summed E-state index contributed by atoms with van der Waals surface area (Å²) in [6.07, 6.45) is 0.906.